The van der Waals surface area contributed by atoms with E-state index in [0.717, 1.165) is 41.9 Å². The van der Waals surface area contributed by atoms with E-state index in [9.17, 15) is 24.0 Å². The summed E-state index contributed by atoms with van der Waals surface area (Å²) in [5.41, 5.74) is 1.26. The first kappa shape index (κ1) is 44.3. The van der Waals surface area contributed by atoms with Gasteiger partial charge in [0, 0.05) is 48.8 Å². The van der Waals surface area contributed by atoms with Crippen LogP contribution < -0.4 is 21.8 Å². The molecule has 4 aromatic rings. The molecule has 1 aliphatic carbocycles. The highest BCUT2D eigenvalue weighted by atomic mass is 32.1. The van der Waals surface area contributed by atoms with Gasteiger partial charge in [0.1, 0.15) is 15.4 Å². The van der Waals surface area contributed by atoms with Crippen LogP contribution in [-0.4, -0.2) is 41.2 Å². The molecule has 1 saturated carbocycles. The van der Waals surface area contributed by atoms with Crippen LogP contribution in [0, 0.1) is 46.3 Å². The van der Waals surface area contributed by atoms with Crippen LogP contribution >= 0.6 is 22.7 Å². The van der Waals surface area contributed by atoms with Gasteiger partial charge in [-0.2, -0.15) is 0 Å². The SMILES string of the molecule is COC(=O)c1sc(C#CC(C)(C)C)c(-c2cccn(C)c2=O)c1NC(=O)C1CCC(C)CC1.COC(=O)c1sc(C#CC(C)(C)C)cc1Nc1cccn(C)c1=O. The van der Waals surface area contributed by atoms with E-state index in [4.69, 9.17) is 9.47 Å². The molecule has 0 aliphatic heterocycles. The molecule has 0 radical (unpaired) electrons. The molecule has 11 nitrogen and oxygen atoms in total. The first-order valence-electron chi connectivity index (χ1n) is 18.7. The average molecular weight is 813 g/mol. The van der Waals surface area contributed by atoms with Crippen molar-refractivity contribution in [2.45, 2.75) is 74.1 Å². The molecule has 5 rings (SSSR count). The average Bonchev–Trinajstić information content (AvgIpc) is 3.73. The van der Waals surface area contributed by atoms with Gasteiger partial charge in [-0.25, -0.2) is 9.59 Å². The van der Waals surface area contributed by atoms with Crippen LogP contribution in [0.5, 0.6) is 0 Å². The molecule has 4 aromatic heterocycles. The van der Waals surface area contributed by atoms with Crippen LogP contribution in [0.4, 0.5) is 17.1 Å². The van der Waals surface area contributed by atoms with E-state index >= 15 is 0 Å². The Morgan fingerprint density at radius 2 is 1.33 bits per heavy atom. The molecule has 57 heavy (non-hydrogen) atoms. The second kappa shape index (κ2) is 18.7. The number of hydrogen-bond donors (Lipinski definition) is 2. The summed E-state index contributed by atoms with van der Waals surface area (Å²) in [4.78, 5) is 65.0. The third-order valence-corrected chi connectivity index (χ3v) is 11.0. The number of hydrogen-bond acceptors (Lipinski definition) is 10. The Balaban J connectivity index is 0.000000266. The Kier molecular flexibility index (Phi) is 14.6. The van der Waals surface area contributed by atoms with Gasteiger partial charge in [-0.1, -0.05) is 30.6 Å². The van der Waals surface area contributed by atoms with Gasteiger partial charge >= 0.3 is 11.9 Å². The number of thiophene rings is 2. The van der Waals surface area contributed by atoms with Crippen LogP contribution in [0.15, 0.2) is 52.3 Å². The number of nitrogens with zero attached hydrogens (tertiary/aromatic N) is 2. The lowest BCUT2D eigenvalue weighted by Crippen LogP contribution is -2.27. The molecule has 0 atom stereocenters. The lowest BCUT2D eigenvalue weighted by Gasteiger charge is -2.25. The van der Waals surface area contributed by atoms with Crippen LogP contribution in [0.2, 0.25) is 0 Å². The molecule has 0 aromatic carbocycles. The van der Waals surface area contributed by atoms with Gasteiger partial charge in [0.2, 0.25) is 5.91 Å². The summed E-state index contributed by atoms with van der Waals surface area (Å²) in [6.45, 7) is 14.2. The van der Waals surface area contributed by atoms with Crippen LogP contribution in [0.25, 0.3) is 11.1 Å². The minimum atomic E-state index is -0.564. The van der Waals surface area contributed by atoms with Crippen LogP contribution in [0.1, 0.15) is 103 Å². The number of ether oxygens (including phenoxy) is 2. The van der Waals surface area contributed by atoms with Crippen molar-refractivity contribution in [3.8, 4) is 34.8 Å². The highest BCUT2D eigenvalue weighted by molar-refractivity contribution is 7.16. The van der Waals surface area contributed by atoms with E-state index in [1.54, 1.807) is 56.8 Å². The van der Waals surface area contributed by atoms with Crippen molar-refractivity contribution < 1.29 is 23.9 Å². The summed E-state index contributed by atoms with van der Waals surface area (Å²) in [5, 5.41) is 6.02. The number of esters is 2. The standard InChI is InChI=1S/C26H32N2O4S.C18H20N2O3S/c1-16-9-11-17(12-10-16)23(29)27-21-20(18-8-7-15-28(5)24(18)30)19(13-14-26(2,3)4)33-22(21)25(31)32-6;1-18(2,3)9-8-12-11-14(15(24-12)17(22)23-5)19-13-7-6-10-20(4)16(13)21/h7-8,15-17H,9-12H2,1-6H3,(H,27,29);6-7,10-11,19H,1-5H3. The minimum absolute atomic E-state index is 0.123. The summed E-state index contributed by atoms with van der Waals surface area (Å²) >= 11 is 2.39. The van der Waals surface area contributed by atoms with Gasteiger partial charge in [0.25, 0.3) is 11.1 Å². The monoisotopic (exact) mass is 812 g/mol. The van der Waals surface area contributed by atoms with Gasteiger partial charge in [-0.3, -0.25) is 14.4 Å². The highest BCUT2D eigenvalue weighted by Gasteiger charge is 2.31. The predicted octanol–water partition coefficient (Wildman–Crippen LogP) is 8.44. The van der Waals surface area contributed by atoms with Crippen molar-refractivity contribution in [2.24, 2.45) is 36.8 Å². The fourth-order valence-corrected chi connectivity index (χ4v) is 7.72. The van der Waals surface area contributed by atoms with E-state index in [1.807, 2.05) is 41.5 Å². The molecular weight excluding hydrogens is 761 g/mol. The molecule has 2 N–H and O–H groups in total. The molecule has 1 fully saturated rings. The zero-order valence-electron chi connectivity index (χ0n) is 34.6. The first-order chi connectivity index (χ1) is 26.7. The number of aromatic nitrogens is 2. The summed E-state index contributed by atoms with van der Waals surface area (Å²) in [7, 11) is 5.97. The summed E-state index contributed by atoms with van der Waals surface area (Å²) in [5.74, 6) is 11.9. The number of carbonyl (C=O) groups is 3. The molecule has 0 unspecified atom stereocenters. The Labute approximate surface area is 342 Å². The number of anilines is 3. The normalized spacial score (nSPS) is 15.1. The van der Waals surface area contributed by atoms with Crippen molar-refractivity contribution >= 4 is 57.6 Å². The lowest BCUT2D eigenvalue weighted by atomic mass is 9.82. The number of nitrogens with one attached hydrogen (secondary N) is 2. The van der Waals surface area contributed by atoms with E-state index < -0.39 is 11.9 Å². The van der Waals surface area contributed by atoms with Crippen molar-refractivity contribution in [1.82, 2.24) is 9.13 Å². The molecule has 13 heteroatoms. The Morgan fingerprint density at radius 1 is 0.772 bits per heavy atom. The fraction of sp³-hybridized carbons (Fsp3) is 0.432. The third-order valence-electron chi connectivity index (χ3n) is 8.91. The van der Waals surface area contributed by atoms with Crippen LogP contribution in [-0.2, 0) is 28.4 Å². The van der Waals surface area contributed by atoms with Gasteiger partial charge in [-0.15, -0.1) is 22.7 Å². The topological polar surface area (TPSA) is 138 Å². The van der Waals surface area contributed by atoms with E-state index in [-0.39, 0.29) is 38.7 Å². The molecule has 1 aliphatic rings. The predicted molar refractivity (Wildman–Crippen MR) is 229 cm³/mol. The van der Waals surface area contributed by atoms with Gasteiger partial charge in [0.05, 0.1) is 40.9 Å². The van der Waals surface area contributed by atoms with Crippen molar-refractivity contribution in [1.29, 1.82) is 0 Å². The first-order valence-corrected chi connectivity index (χ1v) is 20.3. The maximum Gasteiger partial charge on any atom is 0.350 e. The fourth-order valence-electron chi connectivity index (χ4n) is 5.79. The van der Waals surface area contributed by atoms with Gasteiger partial charge in [0.15, 0.2) is 0 Å². The largest absolute Gasteiger partial charge is 0.465 e. The maximum atomic E-state index is 13.2. The van der Waals surface area contributed by atoms with E-state index in [2.05, 4.69) is 41.2 Å². The molecular formula is C44H52N4O7S2. The maximum absolute atomic E-state index is 13.2. The number of methoxy groups -OCH3 is 2. The number of aryl methyl sites for hydroxylation is 2. The quantitative estimate of drug-likeness (QED) is 0.140. The zero-order valence-corrected chi connectivity index (χ0v) is 36.2. The summed E-state index contributed by atoms with van der Waals surface area (Å²) < 4.78 is 12.8. The second-order valence-corrected chi connectivity index (χ2v) is 18.2. The number of carbonyl (C=O) groups excluding carboxylic acids is 3. The van der Waals surface area contributed by atoms with Gasteiger partial charge < -0.3 is 29.2 Å². The van der Waals surface area contributed by atoms with Crippen molar-refractivity contribution in [3.63, 3.8) is 0 Å². The molecule has 0 saturated heterocycles. The van der Waals surface area contributed by atoms with Crippen molar-refractivity contribution in [2.75, 3.05) is 24.9 Å². The Bertz CT molecular complexity index is 2370. The Hall–Kier alpha value is -5.37. The smallest absolute Gasteiger partial charge is 0.350 e. The number of amides is 1. The molecule has 1 amide bonds. The summed E-state index contributed by atoms with van der Waals surface area (Å²) in [6, 6.07) is 8.66. The second-order valence-electron chi connectivity index (χ2n) is 16.1. The molecule has 4 heterocycles. The molecule has 302 valence electrons. The van der Waals surface area contributed by atoms with Crippen LogP contribution in [0.3, 0.4) is 0 Å². The highest BCUT2D eigenvalue weighted by Crippen LogP contribution is 2.41. The van der Waals surface area contributed by atoms with E-state index in [1.165, 1.54) is 34.7 Å². The molecule has 0 spiro atoms. The number of pyridine rings is 2. The minimum Gasteiger partial charge on any atom is -0.465 e. The lowest BCUT2D eigenvalue weighted by molar-refractivity contribution is -0.121. The zero-order chi connectivity index (χ0) is 42.2. The Morgan fingerprint density at radius 3 is 1.93 bits per heavy atom. The number of rotatable bonds is 7. The summed E-state index contributed by atoms with van der Waals surface area (Å²) in [6.07, 6.45) is 6.96. The van der Waals surface area contributed by atoms with Crippen molar-refractivity contribution in [3.05, 3.63) is 82.9 Å². The van der Waals surface area contributed by atoms with Gasteiger partial charge in [-0.05, 0) is 103 Å². The van der Waals surface area contributed by atoms with E-state index in [0.29, 0.717) is 43.9 Å². The molecule has 0 bridgehead atoms. The third kappa shape index (κ3) is 11.8.